The van der Waals surface area contributed by atoms with Crippen molar-refractivity contribution in [3.8, 4) is 0 Å². The summed E-state index contributed by atoms with van der Waals surface area (Å²) in [6.07, 6.45) is 2.87. The Kier molecular flexibility index (Phi) is 12.7. The zero-order chi connectivity index (χ0) is 24.8. The Morgan fingerprint density at radius 3 is 2.03 bits per heavy atom. The molecule has 1 aromatic heterocycles. The van der Waals surface area contributed by atoms with Gasteiger partial charge in [0.1, 0.15) is 5.78 Å². The third-order valence-corrected chi connectivity index (χ3v) is 5.10. The number of rotatable bonds is 2. The van der Waals surface area contributed by atoms with Crippen LogP contribution < -0.4 is 10.2 Å². The van der Waals surface area contributed by atoms with Crippen LogP contribution in [-0.2, 0) is 30.0 Å². The van der Waals surface area contributed by atoms with E-state index in [9.17, 15) is 19.8 Å². The van der Waals surface area contributed by atoms with Gasteiger partial charge in [-0.1, -0.05) is 67.9 Å². The van der Waals surface area contributed by atoms with E-state index in [1.54, 1.807) is 24.3 Å². The molecule has 7 nitrogen and oxygen atoms in total. The molecule has 0 bridgehead atoms. The van der Waals surface area contributed by atoms with Crippen LogP contribution in [0, 0.1) is 6.92 Å². The summed E-state index contributed by atoms with van der Waals surface area (Å²) < 4.78 is 1.06. The second-order valence-electron chi connectivity index (χ2n) is 8.40. The molecule has 8 heteroatoms. The molecule has 35 heavy (non-hydrogen) atoms. The number of hydrogen-bond acceptors (Lipinski definition) is 5. The van der Waals surface area contributed by atoms with Crippen LogP contribution in [0.15, 0.2) is 78.3 Å². The van der Waals surface area contributed by atoms with Crippen LogP contribution in [0.2, 0.25) is 0 Å². The molecule has 2 aromatic carbocycles. The molecular weight excluding hydrogens is 533 g/mol. The van der Waals surface area contributed by atoms with E-state index < -0.39 is 11.5 Å². The number of Topliss-reactive ketones (excluding diaryl/α,β-unsaturated/α-hetero) is 2. The molecule has 1 aliphatic carbocycles. The normalized spacial score (nSPS) is 15.9. The summed E-state index contributed by atoms with van der Waals surface area (Å²) in [6.45, 7) is 11.0. The number of carbonyl (C=O) groups is 2. The van der Waals surface area contributed by atoms with E-state index in [1.807, 2.05) is 0 Å². The van der Waals surface area contributed by atoms with Gasteiger partial charge in [0, 0.05) is 23.7 Å². The topological polar surface area (TPSA) is 130 Å². The first-order valence-corrected chi connectivity index (χ1v) is 10.8. The number of aromatic nitrogens is 2. The van der Waals surface area contributed by atoms with Crippen LogP contribution in [0.5, 0.6) is 0 Å². The van der Waals surface area contributed by atoms with E-state index >= 15 is 0 Å². The quantitative estimate of drug-likeness (QED) is 0.441. The van der Waals surface area contributed by atoms with Gasteiger partial charge in [0.2, 0.25) is 0 Å². The molecule has 0 unspecified atom stereocenters. The van der Waals surface area contributed by atoms with Crippen LogP contribution >= 0.6 is 0 Å². The molecular formula is C27H32N2O5Ru. The number of allylic oxidation sites excluding steroid dienone is 1. The summed E-state index contributed by atoms with van der Waals surface area (Å²) in [5.41, 5.74) is 0.932. The average Bonchev–Trinajstić information content (AvgIpc) is 3.32. The maximum atomic E-state index is 13.1. The zero-order valence-corrected chi connectivity index (χ0v) is 22.5. The van der Waals surface area contributed by atoms with Crippen molar-refractivity contribution in [1.82, 2.24) is 9.78 Å². The van der Waals surface area contributed by atoms with Gasteiger partial charge in [0.25, 0.3) is 0 Å². The Labute approximate surface area is 219 Å². The molecule has 3 aromatic rings. The standard InChI is InChI=1S/C14H11N2O3.C10H14.C3H6O.H2O.Ru/c1-9-12(17)10-5-2-3-6-11(10)14(19,13(9)18)16-8-4-7-15-16;1-8(2)10-6-4-9(3)5-7-10;1-3(2)4;;/h2-8,18H,1H3;4-8H,1-3H3;1-2H3;1H2;/q-1;;;;+2/p-1/t14-;;;;/m0..../s1. The Balaban J connectivity index is 0.000000615. The summed E-state index contributed by atoms with van der Waals surface area (Å²) in [5.74, 6) is -0.320. The van der Waals surface area contributed by atoms with Crippen molar-refractivity contribution in [3.63, 3.8) is 0 Å². The van der Waals surface area contributed by atoms with Gasteiger partial charge in [-0.3, -0.25) is 9.48 Å². The largest absolute Gasteiger partial charge is 2.00 e. The summed E-state index contributed by atoms with van der Waals surface area (Å²) >= 11 is 0. The molecule has 0 saturated heterocycles. The Hall–Kier alpha value is -2.93. The van der Waals surface area contributed by atoms with Gasteiger partial charge in [0.05, 0.1) is 0 Å². The third kappa shape index (κ3) is 7.53. The first kappa shape index (κ1) is 32.1. The van der Waals surface area contributed by atoms with Crippen molar-refractivity contribution in [3.05, 3.63) is 101 Å². The number of ketones is 2. The minimum atomic E-state index is -2.20. The van der Waals surface area contributed by atoms with E-state index in [1.165, 1.54) is 50.4 Å². The monoisotopic (exact) mass is 566 g/mol. The SMILES string of the molecule is CC(C)=O.CC1=C([O-])[C@]([O-])(n2cccn2)c2ccccc2C1=O.Cc1ccc(C(C)C)cc1.O.[Ru+2]. The summed E-state index contributed by atoms with van der Waals surface area (Å²) in [4.78, 5) is 21.5. The van der Waals surface area contributed by atoms with Gasteiger partial charge in [-0.2, -0.15) is 5.10 Å². The summed E-state index contributed by atoms with van der Waals surface area (Å²) in [5, 5.41) is 29.2. The van der Waals surface area contributed by atoms with Gasteiger partial charge in [0.15, 0.2) is 5.78 Å². The van der Waals surface area contributed by atoms with Gasteiger partial charge >= 0.3 is 19.5 Å². The molecule has 1 aliphatic rings. The fourth-order valence-electron chi connectivity index (χ4n) is 3.29. The van der Waals surface area contributed by atoms with Crippen molar-refractivity contribution in [1.29, 1.82) is 0 Å². The van der Waals surface area contributed by atoms with Gasteiger partial charge in [-0.25, -0.2) is 0 Å². The summed E-state index contributed by atoms with van der Waals surface area (Å²) in [7, 11) is 0. The van der Waals surface area contributed by atoms with Gasteiger partial charge < -0.3 is 20.5 Å². The Bertz CT molecular complexity index is 1130. The van der Waals surface area contributed by atoms with Crippen molar-refractivity contribution in [2.45, 2.75) is 53.2 Å². The zero-order valence-electron chi connectivity index (χ0n) is 20.8. The fraction of sp³-hybridized carbons (Fsp3) is 0.296. The molecule has 0 fully saturated rings. The van der Waals surface area contributed by atoms with E-state index in [2.05, 4.69) is 50.1 Å². The minimum Gasteiger partial charge on any atom is -0.874 e. The fourth-order valence-corrected chi connectivity index (χ4v) is 3.29. The number of carbonyl (C=O) groups excluding carboxylic acids is 2. The smallest absolute Gasteiger partial charge is 0.874 e. The number of fused-ring (bicyclic) bond motifs is 1. The molecule has 0 saturated carbocycles. The molecule has 0 radical (unpaired) electrons. The van der Waals surface area contributed by atoms with Gasteiger partial charge in [-0.15, -0.1) is 5.76 Å². The number of nitrogens with zero attached hydrogens (tertiary/aromatic N) is 2. The molecule has 0 spiro atoms. The maximum Gasteiger partial charge on any atom is 2.00 e. The van der Waals surface area contributed by atoms with Crippen LogP contribution in [0.4, 0.5) is 0 Å². The molecule has 1 heterocycles. The predicted molar refractivity (Wildman–Crippen MR) is 128 cm³/mol. The number of benzene rings is 2. The van der Waals surface area contributed by atoms with Crippen molar-refractivity contribution in [2.75, 3.05) is 0 Å². The van der Waals surface area contributed by atoms with Gasteiger partial charge in [-0.05, 0) is 56.4 Å². The van der Waals surface area contributed by atoms with Crippen LogP contribution in [0.1, 0.15) is 67.6 Å². The van der Waals surface area contributed by atoms with Crippen molar-refractivity contribution >= 4 is 11.6 Å². The molecule has 188 valence electrons. The Morgan fingerprint density at radius 2 is 1.54 bits per heavy atom. The average molecular weight is 566 g/mol. The molecule has 0 amide bonds. The molecule has 0 aliphatic heterocycles. The predicted octanol–water partition coefficient (Wildman–Crippen LogP) is 2.66. The number of hydrogen-bond donors (Lipinski definition) is 0. The van der Waals surface area contributed by atoms with E-state index in [-0.39, 0.29) is 53.2 Å². The van der Waals surface area contributed by atoms with E-state index in [0.717, 1.165) is 4.68 Å². The third-order valence-electron chi connectivity index (χ3n) is 5.10. The Morgan fingerprint density at radius 1 is 1.00 bits per heavy atom. The second kappa shape index (κ2) is 13.8. The van der Waals surface area contributed by atoms with Crippen molar-refractivity contribution < 1.29 is 44.8 Å². The van der Waals surface area contributed by atoms with E-state index in [4.69, 9.17) is 0 Å². The van der Waals surface area contributed by atoms with Crippen LogP contribution in [-0.4, -0.2) is 26.8 Å². The minimum absolute atomic E-state index is 0. The number of aryl methyl sites for hydroxylation is 1. The second-order valence-corrected chi connectivity index (χ2v) is 8.40. The van der Waals surface area contributed by atoms with E-state index in [0.29, 0.717) is 5.92 Å². The first-order chi connectivity index (χ1) is 15.5. The van der Waals surface area contributed by atoms with Crippen LogP contribution in [0.25, 0.3) is 0 Å². The molecule has 2 N–H and O–H groups in total. The molecule has 4 rings (SSSR count). The van der Waals surface area contributed by atoms with Crippen molar-refractivity contribution in [2.24, 2.45) is 0 Å². The van der Waals surface area contributed by atoms with Crippen LogP contribution in [0.3, 0.4) is 0 Å². The first-order valence-electron chi connectivity index (χ1n) is 10.8. The molecule has 1 atom stereocenters. The summed E-state index contributed by atoms with van der Waals surface area (Å²) in [6, 6.07) is 16.7. The maximum absolute atomic E-state index is 13.1.